The number of benzene rings is 1. The molecule has 1 aromatic rings. The average molecular weight is 238 g/mol. The van der Waals surface area contributed by atoms with E-state index >= 15 is 0 Å². The molecule has 1 aliphatic heterocycles. The molecule has 2 N–H and O–H groups in total. The maximum Gasteiger partial charge on any atom is 0.255 e. The summed E-state index contributed by atoms with van der Waals surface area (Å²) in [5.41, 5.74) is 6.22. The molecule has 90 valence electrons. The van der Waals surface area contributed by atoms with Gasteiger partial charge in [-0.15, -0.1) is 0 Å². The number of ether oxygens (including phenoxy) is 1. The van der Waals surface area contributed by atoms with Gasteiger partial charge >= 0.3 is 0 Å². The summed E-state index contributed by atoms with van der Waals surface area (Å²) in [6.07, 6.45) is 0. The topological polar surface area (TPSA) is 72.6 Å². The van der Waals surface area contributed by atoms with Crippen molar-refractivity contribution in [3.63, 3.8) is 0 Å². The van der Waals surface area contributed by atoms with Crippen molar-refractivity contribution in [3.05, 3.63) is 29.6 Å². The number of nitrogens with two attached hydrogens (primary N) is 1. The fraction of sp³-hybridized carbons (Fsp3) is 0.273. The third-order valence-corrected chi connectivity index (χ3v) is 2.37. The molecule has 0 radical (unpaired) electrons. The van der Waals surface area contributed by atoms with Crippen LogP contribution in [0, 0.1) is 5.82 Å². The van der Waals surface area contributed by atoms with E-state index in [-0.39, 0.29) is 25.4 Å². The number of hydrogen-bond donors (Lipinski definition) is 1. The van der Waals surface area contributed by atoms with Gasteiger partial charge in [0.25, 0.3) is 11.8 Å². The largest absolute Gasteiger partial charge is 0.399 e. The molecule has 0 aliphatic carbocycles. The number of halogens is 1. The summed E-state index contributed by atoms with van der Waals surface area (Å²) in [7, 11) is 0. The molecule has 1 fully saturated rings. The molecule has 0 atom stereocenters. The zero-order valence-electron chi connectivity index (χ0n) is 8.98. The molecule has 2 amide bonds. The second-order valence-electron chi connectivity index (χ2n) is 3.76. The predicted octanol–water partition coefficient (Wildman–Crippen LogP) is 0.293. The molecular weight excluding hydrogens is 227 g/mol. The van der Waals surface area contributed by atoms with Crippen molar-refractivity contribution >= 4 is 17.5 Å². The van der Waals surface area contributed by atoms with Crippen LogP contribution < -0.4 is 5.73 Å². The van der Waals surface area contributed by atoms with Crippen LogP contribution in [0.5, 0.6) is 0 Å². The number of imide groups is 1. The summed E-state index contributed by atoms with van der Waals surface area (Å²) in [6, 6.07) is 3.94. The molecule has 1 saturated heterocycles. The van der Waals surface area contributed by atoms with Crippen molar-refractivity contribution < 1.29 is 18.7 Å². The van der Waals surface area contributed by atoms with Crippen molar-refractivity contribution in [2.45, 2.75) is 6.54 Å². The second-order valence-corrected chi connectivity index (χ2v) is 3.76. The smallest absolute Gasteiger partial charge is 0.255 e. The Labute approximate surface area is 97.0 Å². The molecule has 6 heteroatoms. The monoisotopic (exact) mass is 238 g/mol. The minimum Gasteiger partial charge on any atom is -0.399 e. The highest BCUT2D eigenvalue weighted by atomic mass is 19.1. The van der Waals surface area contributed by atoms with Crippen LogP contribution in [0.2, 0.25) is 0 Å². The maximum atomic E-state index is 13.1. The third kappa shape index (κ3) is 2.59. The summed E-state index contributed by atoms with van der Waals surface area (Å²) in [4.78, 5) is 23.9. The van der Waals surface area contributed by atoms with Gasteiger partial charge in [-0.3, -0.25) is 14.5 Å². The summed E-state index contributed by atoms with van der Waals surface area (Å²) >= 11 is 0. The van der Waals surface area contributed by atoms with E-state index in [0.717, 1.165) is 4.90 Å². The Balaban J connectivity index is 2.19. The Morgan fingerprint density at radius 1 is 1.24 bits per heavy atom. The lowest BCUT2D eigenvalue weighted by Crippen LogP contribution is -2.45. The van der Waals surface area contributed by atoms with Crippen molar-refractivity contribution in [3.8, 4) is 0 Å². The van der Waals surface area contributed by atoms with E-state index in [1.807, 2.05) is 0 Å². The Morgan fingerprint density at radius 3 is 2.47 bits per heavy atom. The van der Waals surface area contributed by atoms with Crippen LogP contribution in [-0.4, -0.2) is 29.9 Å². The van der Waals surface area contributed by atoms with Crippen molar-refractivity contribution in [2.75, 3.05) is 18.9 Å². The van der Waals surface area contributed by atoms with Gasteiger partial charge < -0.3 is 10.5 Å². The first-order valence-electron chi connectivity index (χ1n) is 5.02. The lowest BCUT2D eigenvalue weighted by atomic mass is 10.1. The molecule has 0 saturated carbocycles. The van der Waals surface area contributed by atoms with Crippen LogP contribution in [-0.2, 0) is 20.9 Å². The molecule has 0 aromatic heterocycles. The van der Waals surface area contributed by atoms with E-state index in [2.05, 4.69) is 0 Å². The van der Waals surface area contributed by atoms with Crippen LogP contribution in [0.3, 0.4) is 0 Å². The standard InChI is InChI=1S/C11H11FN2O3/c12-8-1-7(2-9(13)3-8)4-14-10(15)5-17-6-11(14)16/h1-3H,4-6,13H2. The van der Waals surface area contributed by atoms with E-state index < -0.39 is 17.6 Å². The van der Waals surface area contributed by atoms with Crippen LogP contribution in [0.4, 0.5) is 10.1 Å². The molecule has 0 unspecified atom stereocenters. The summed E-state index contributed by atoms with van der Waals surface area (Å²) < 4.78 is 17.9. The summed E-state index contributed by atoms with van der Waals surface area (Å²) in [5.74, 6) is -1.35. The minimum absolute atomic E-state index is 0.0169. The third-order valence-electron chi connectivity index (χ3n) is 2.37. The number of amides is 2. The fourth-order valence-electron chi connectivity index (χ4n) is 1.65. The first kappa shape index (κ1) is 11.5. The highest BCUT2D eigenvalue weighted by Gasteiger charge is 2.26. The molecule has 2 rings (SSSR count). The van der Waals surface area contributed by atoms with Gasteiger partial charge in [-0.05, 0) is 23.8 Å². The Bertz CT molecular complexity index is 440. The quantitative estimate of drug-likeness (QED) is 0.594. The van der Waals surface area contributed by atoms with Crippen LogP contribution in [0.25, 0.3) is 0 Å². The van der Waals surface area contributed by atoms with Gasteiger partial charge in [0.15, 0.2) is 0 Å². The number of morpholine rings is 1. The molecular formula is C11H11FN2O3. The van der Waals surface area contributed by atoms with Crippen LogP contribution in [0.15, 0.2) is 18.2 Å². The van der Waals surface area contributed by atoms with Gasteiger partial charge in [-0.1, -0.05) is 0 Å². The highest BCUT2D eigenvalue weighted by Crippen LogP contribution is 2.14. The number of carbonyl (C=O) groups excluding carboxylic acids is 2. The Kier molecular flexibility index (Phi) is 3.06. The van der Waals surface area contributed by atoms with Crippen LogP contribution >= 0.6 is 0 Å². The lowest BCUT2D eigenvalue weighted by Gasteiger charge is -2.24. The number of rotatable bonds is 2. The minimum atomic E-state index is -0.492. The molecule has 17 heavy (non-hydrogen) atoms. The first-order valence-corrected chi connectivity index (χ1v) is 5.02. The van der Waals surface area contributed by atoms with E-state index in [9.17, 15) is 14.0 Å². The van der Waals surface area contributed by atoms with Gasteiger partial charge in [-0.25, -0.2) is 4.39 Å². The van der Waals surface area contributed by atoms with Gasteiger partial charge in [0.1, 0.15) is 19.0 Å². The summed E-state index contributed by atoms with van der Waals surface area (Å²) in [5, 5.41) is 0. The molecule has 0 bridgehead atoms. The van der Waals surface area contributed by atoms with E-state index in [4.69, 9.17) is 10.5 Å². The predicted molar refractivity (Wildman–Crippen MR) is 57.2 cm³/mol. The molecule has 5 nitrogen and oxygen atoms in total. The SMILES string of the molecule is Nc1cc(F)cc(CN2C(=O)COCC2=O)c1. The Hall–Kier alpha value is -1.95. The van der Waals surface area contributed by atoms with Gasteiger partial charge in [0.2, 0.25) is 0 Å². The lowest BCUT2D eigenvalue weighted by molar-refractivity contribution is -0.159. The number of carbonyl (C=O) groups is 2. The summed E-state index contributed by atoms with van der Waals surface area (Å²) in [6.45, 7) is -0.240. The van der Waals surface area contributed by atoms with E-state index in [0.29, 0.717) is 5.56 Å². The van der Waals surface area contributed by atoms with Crippen molar-refractivity contribution in [1.29, 1.82) is 0 Å². The van der Waals surface area contributed by atoms with Gasteiger partial charge in [0.05, 0.1) is 6.54 Å². The Morgan fingerprint density at radius 2 is 1.88 bits per heavy atom. The second kappa shape index (κ2) is 4.50. The maximum absolute atomic E-state index is 13.1. The number of hydrogen-bond acceptors (Lipinski definition) is 4. The van der Waals surface area contributed by atoms with Gasteiger partial charge in [-0.2, -0.15) is 0 Å². The zero-order valence-corrected chi connectivity index (χ0v) is 8.98. The fourth-order valence-corrected chi connectivity index (χ4v) is 1.65. The molecule has 1 aliphatic rings. The van der Waals surface area contributed by atoms with Crippen molar-refractivity contribution in [1.82, 2.24) is 4.90 Å². The van der Waals surface area contributed by atoms with Crippen molar-refractivity contribution in [2.24, 2.45) is 0 Å². The van der Waals surface area contributed by atoms with Gasteiger partial charge in [0, 0.05) is 5.69 Å². The normalized spacial score (nSPS) is 16.4. The first-order chi connectivity index (χ1) is 8.06. The average Bonchev–Trinajstić information content (AvgIpc) is 2.22. The number of anilines is 1. The molecule has 0 spiro atoms. The van der Waals surface area contributed by atoms with Crippen LogP contribution in [0.1, 0.15) is 5.56 Å². The number of nitrogen functional groups attached to an aromatic ring is 1. The highest BCUT2D eigenvalue weighted by molar-refractivity contribution is 5.98. The molecule has 1 heterocycles. The number of nitrogens with zero attached hydrogens (tertiary/aromatic N) is 1. The van der Waals surface area contributed by atoms with E-state index in [1.165, 1.54) is 18.2 Å². The zero-order chi connectivity index (χ0) is 12.4. The van der Waals surface area contributed by atoms with E-state index in [1.54, 1.807) is 0 Å². The molecule has 1 aromatic carbocycles.